The number of benzene rings is 1. The summed E-state index contributed by atoms with van der Waals surface area (Å²) >= 11 is 3.26. The number of carboxylic acids is 1. The molecule has 0 heterocycles. The fourth-order valence-corrected chi connectivity index (χ4v) is 3.05. The van der Waals surface area contributed by atoms with Gasteiger partial charge in [-0.2, -0.15) is 0 Å². The van der Waals surface area contributed by atoms with Crippen LogP contribution in [-0.4, -0.2) is 22.5 Å². The molecule has 0 spiro atoms. The van der Waals surface area contributed by atoms with Crippen molar-refractivity contribution in [2.45, 2.75) is 37.6 Å². The first-order valence-corrected chi connectivity index (χ1v) is 7.31. The van der Waals surface area contributed by atoms with E-state index in [-0.39, 0.29) is 23.6 Å². The van der Waals surface area contributed by atoms with Gasteiger partial charge in [-0.05, 0) is 40.9 Å². The maximum Gasteiger partial charge on any atom is 0.337 e. The van der Waals surface area contributed by atoms with Crippen LogP contribution in [0.25, 0.3) is 0 Å². The summed E-state index contributed by atoms with van der Waals surface area (Å²) in [4.78, 5) is 23.3. The lowest BCUT2D eigenvalue weighted by Crippen LogP contribution is -2.40. The molecule has 0 aromatic heterocycles. The van der Waals surface area contributed by atoms with Crippen LogP contribution < -0.4 is 11.1 Å². The SMILES string of the molecule is NC1(CC(=O)Nc2c(Br)cccc2C(=O)O)CCCC1. The van der Waals surface area contributed by atoms with Gasteiger partial charge in [-0.25, -0.2) is 4.79 Å². The maximum atomic E-state index is 12.1. The van der Waals surface area contributed by atoms with E-state index in [0.717, 1.165) is 25.7 Å². The van der Waals surface area contributed by atoms with Crippen LogP contribution in [0.3, 0.4) is 0 Å². The van der Waals surface area contributed by atoms with Gasteiger partial charge in [0.15, 0.2) is 0 Å². The molecular weight excluding hydrogens is 324 g/mol. The normalized spacial score (nSPS) is 16.9. The number of rotatable bonds is 4. The predicted molar refractivity (Wildman–Crippen MR) is 79.7 cm³/mol. The lowest BCUT2D eigenvalue weighted by molar-refractivity contribution is -0.117. The largest absolute Gasteiger partial charge is 0.478 e. The van der Waals surface area contributed by atoms with E-state index >= 15 is 0 Å². The summed E-state index contributed by atoms with van der Waals surface area (Å²) in [5.74, 6) is -1.33. The molecule has 108 valence electrons. The van der Waals surface area contributed by atoms with Gasteiger partial charge in [0.05, 0.1) is 11.3 Å². The molecule has 6 heteroatoms. The minimum absolute atomic E-state index is 0.0604. The second kappa shape index (κ2) is 5.93. The van der Waals surface area contributed by atoms with Crippen LogP contribution in [-0.2, 0) is 4.79 Å². The second-order valence-electron chi connectivity index (χ2n) is 5.26. The van der Waals surface area contributed by atoms with Gasteiger partial charge in [-0.15, -0.1) is 0 Å². The molecular formula is C14H17BrN2O3. The summed E-state index contributed by atoms with van der Waals surface area (Å²) in [5.41, 5.74) is 6.06. The molecule has 1 aromatic carbocycles. The first kappa shape index (κ1) is 15.0. The van der Waals surface area contributed by atoms with Gasteiger partial charge >= 0.3 is 5.97 Å². The first-order valence-electron chi connectivity index (χ1n) is 6.52. The Labute approximate surface area is 125 Å². The second-order valence-corrected chi connectivity index (χ2v) is 6.12. The van der Waals surface area contributed by atoms with Crippen molar-refractivity contribution in [1.82, 2.24) is 0 Å². The molecule has 5 nitrogen and oxygen atoms in total. The third-order valence-corrected chi connectivity index (χ3v) is 4.28. The van der Waals surface area contributed by atoms with Crippen molar-refractivity contribution in [3.05, 3.63) is 28.2 Å². The number of nitrogens with two attached hydrogens (primary N) is 1. The van der Waals surface area contributed by atoms with E-state index in [1.807, 2.05) is 0 Å². The van der Waals surface area contributed by atoms with Crippen LogP contribution >= 0.6 is 15.9 Å². The Kier molecular flexibility index (Phi) is 4.45. The molecule has 1 amide bonds. The zero-order chi connectivity index (χ0) is 14.8. The quantitative estimate of drug-likeness (QED) is 0.785. The summed E-state index contributed by atoms with van der Waals surface area (Å²) in [6, 6.07) is 4.76. The van der Waals surface area contributed by atoms with Gasteiger partial charge in [0.2, 0.25) is 5.91 Å². The molecule has 1 aliphatic carbocycles. The van der Waals surface area contributed by atoms with Crippen LogP contribution in [0.15, 0.2) is 22.7 Å². The number of hydrogen-bond donors (Lipinski definition) is 3. The Morgan fingerprint density at radius 2 is 2.00 bits per heavy atom. The highest BCUT2D eigenvalue weighted by Crippen LogP contribution is 2.31. The minimum Gasteiger partial charge on any atom is -0.478 e. The summed E-state index contributed by atoms with van der Waals surface area (Å²) < 4.78 is 0.545. The van der Waals surface area contributed by atoms with Crippen LogP contribution in [0.1, 0.15) is 42.5 Å². The third kappa shape index (κ3) is 3.37. The van der Waals surface area contributed by atoms with Crippen molar-refractivity contribution < 1.29 is 14.7 Å². The van der Waals surface area contributed by atoms with Crippen LogP contribution in [0.5, 0.6) is 0 Å². The summed E-state index contributed by atoms with van der Waals surface area (Å²) in [6.07, 6.45) is 3.97. The van der Waals surface area contributed by atoms with Gasteiger partial charge in [-0.3, -0.25) is 4.79 Å². The number of carbonyl (C=O) groups excluding carboxylic acids is 1. The Morgan fingerprint density at radius 3 is 2.60 bits per heavy atom. The van der Waals surface area contributed by atoms with E-state index in [4.69, 9.17) is 10.8 Å². The molecule has 4 N–H and O–H groups in total. The van der Waals surface area contributed by atoms with Crippen LogP contribution in [0.2, 0.25) is 0 Å². The molecule has 1 aliphatic rings. The van der Waals surface area contributed by atoms with Crippen molar-refractivity contribution in [3.8, 4) is 0 Å². The molecule has 0 unspecified atom stereocenters. The number of nitrogens with one attached hydrogen (secondary N) is 1. The van der Waals surface area contributed by atoms with Crippen molar-refractivity contribution in [1.29, 1.82) is 0 Å². The van der Waals surface area contributed by atoms with Crippen molar-refractivity contribution in [3.63, 3.8) is 0 Å². The monoisotopic (exact) mass is 340 g/mol. The molecule has 2 rings (SSSR count). The lowest BCUT2D eigenvalue weighted by Gasteiger charge is -2.23. The highest BCUT2D eigenvalue weighted by molar-refractivity contribution is 9.10. The van der Waals surface area contributed by atoms with E-state index in [1.54, 1.807) is 12.1 Å². The number of amides is 1. The highest BCUT2D eigenvalue weighted by atomic mass is 79.9. The molecule has 0 aliphatic heterocycles. The summed E-state index contributed by atoms with van der Waals surface area (Å²) in [5, 5.41) is 11.8. The van der Waals surface area contributed by atoms with Gasteiger partial charge in [0.1, 0.15) is 0 Å². The highest BCUT2D eigenvalue weighted by Gasteiger charge is 2.32. The minimum atomic E-state index is -1.08. The van der Waals surface area contributed by atoms with Gasteiger partial charge in [-0.1, -0.05) is 18.9 Å². The summed E-state index contributed by atoms with van der Waals surface area (Å²) in [7, 11) is 0. The van der Waals surface area contributed by atoms with Crippen LogP contribution in [0.4, 0.5) is 5.69 Å². The third-order valence-electron chi connectivity index (χ3n) is 3.62. The van der Waals surface area contributed by atoms with Gasteiger partial charge in [0, 0.05) is 16.4 Å². The molecule has 1 fully saturated rings. The standard InChI is InChI=1S/C14H17BrN2O3/c15-10-5-3-4-9(13(19)20)12(10)17-11(18)8-14(16)6-1-2-7-14/h3-5H,1-2,6-8,16H2,(H,17,18)(H,19,20). The number of hydrogen-bond acceptors (Lipinski definition) is 3. The van der Waals surface area contributed by atoms with Crippen molar-refractivity contribution in [2.24, 2.45) is 5.73 Å². The maximum absolute atomic E-state index is 12.1. The average Bonchev–Trinajstić information content (AvgIpc) is 2.77. The van der Waals surface area contributed by atoms with Gasteiger partial charge in [0.25, 0.3) is 0 Å². The topological polar surface area (TPSA) is 92.4 Å². The first-order chi connectivity index (χ1) is 9.41. The molecule has 0 radical (unpaired) electrons. The Bertz CT molecular complexity index is 539. The number of carboxylic acid groups (broad SMARTS) is 1. The predicted octanol–water partition coefficient (Wildman–Crippen LogP) is 2.75. The van der Waals surface area contributed by atoms with E-state index in [0.29, 0.717) is 4.47 Å². The van der Waals surface area contributed by atoms with E-state index in [9.17, 15) is 9.59 Å². The Hall–Kier alpha value is -1.40. The van der Waals surface area contributed by atoms with Crippen LogP contribution in [0, 0.1) is 0 Å². The summed E-state index contributed by atoms with van der Waals surface area (Å²) in [6.45, 7) is 0. The molecule has 0 atom stereocenters. The molecule has 0 bridgehead atoms. The smallest absolute Gasteiger partial charge is 0.337 e. The lowest BCUT2D eigenvalue weighted by atomic mass is 9.94. The fourth-order valence-electron chi connectivity index (χ4n) is 2.59. The van der Waals surface area contributed by atoms with E-state index in [1.165, 1.54) is 6.07 Å². The molecule has 1 aromatic rings. The number of anilines is 1. The molecule has 1 saturated carbocycles. The van der Waals surface area contributed by atoms with E-state index < -0.39 is 11.5 Å². The fraction of sp³-hybridized carbons (Fsp3) is 0.429. The average molecular weight is 341 g/mol. The Balaban J connectivity index is 2.13. The number of halogens is 1. The van der Waals surface area contributed by atoms with Crippen molar-refractivity contribution >= 4 is 33.5 Å². The van der Waals surface area contributed by atoms with E-state index in [2.05, 4.69) is 21.2 Å². The number of carbonyl (C=O) groups is 2. The van der Waals surface area contributed by atoms with Crippen molar-refractivity contribution in [2.75, 3.05) is 5.32 Å². The van der Waals surface area contributed by atoms with Gasteiger partial charge < -0.3 is 16.2 Å². The molecule has 0 saturated heterocycles. The molecule has 20 heavy (non-hydrogen) atoms. The zero-order valence-corrected chi connectivity index (χ0v) is 12.6. The number of para-hydroxylation sites is 1. The number of aromatic carboxylic acids is 1. The Morgan fingerprint density at radius 1 is 1.35 bits per heavy atom. The zero-order valence-electron chi connectivity index (χ0n) is 11.0.